The van der Waals surface area contributed by atoms with Crippen molar-refractivity contribution in [1.29, 1.82) is 0 Å². The third kappa shape index (κ3) is 3.52. The van der Waals surface area contributed by atoms with Gasteiger partial charge in [-0.05, 0) is 18.6 Å². The van der Waals surface area contributed by atoms with Gasteiger partial charge in [-0.15, -0.1) is 30.4 Å². The van der Waals surface area contributed by atoms with Crippen LogP contribution in [0.15, 0.2) is 18.6 Å². The van der Waals surface area contributed by atoms with Crippen LogP contribution in [0.3, 0.4) is 0 Å². The molecule has 0 radical (unpaired) electrons. The Bertz CT molecular complexity index is 463. The van der Waals surface area contributed by atoms with E-state index in [1.54, 1.807) is 28.7 Å². The van der Waals surface area contributed by atoms with Crippen LogP contribution in [-0.2, 0) is 0 Å². The molecule has 2 rings (SSSR count). The van der Waals surface area contributed by atoms with Crippen molar-refractivity contribution in [1.82, 2.24) is 25.6 Å². The van der Waals surface area contributed by atoms with Gasteiger partial charge in [0.1, 0.15) is 0 Å². The number of hydrogen-bond acceptors (Lipinski definition) is 6. The topological polar surface area (TPSA) is 47.5 Å². The largest absolute Gasteiger partial charge is 0.259 e. The molecule has 19 heavy (non-hydrogen) atoms. The standard InChI is InChI=1S/C9H12N6S4/c16-8(17)14(7-6-10-3-4-11-7)15(9(18)19)13-5-1-2-12-13/h3-4,6,12H,1-2,5H2,(H,16,17)(H,18,19). The van der Waals surface area contributed by atoms with Crippen molar-refractivity contribution in [3.8, 4) is 0 Å². The molecule has 0 aliphatic carbocycles. The highest BCUT2D eigenvalue weighted by Crippen LogP contribution is 2.19. The summed E-state index contributed by atoms with van der Waals surface area (Å²) in [6.45, 7) is 1.65. The lowest BCUT2D eigenvalue weighted by atomic mass is 10.5. The van der Waals surface area contributed by atoms with Crippen molar-refractivity contribution in [2.45, 2.75) is 6.42 Å². The van der Waals surface area contributed by atoms with Gasteiger partial charge in [0.25, 0.3) is 0 Å². The minimum absolute atomic E-state index is 0.297. The molecule has 1 fully saturated rings. The highest BCUT2D eigenvalue weighted by Gasteiger charge is 2.29. The van der Waals surface area contributed by atoms with Crippen molar-refractivity contribution in [3.05, 3.63) is 18.6 Å². The van der Waals surface area contributed by atoms with Crippen molar-refractivity contribution < 1.29 is 0 Å². The average Bonchev–Trinajstić information content (AvgIpc) is 2.89. The number of anilines is 1. The van der Waals surface area contributed by atoms with E-state index in [1.165, 1.54) is 0 Å². The average molecular weight is 333 g/mol. The fourth-order valence-corrected chi connectivity index (χ4v) is 2.39. The van der Waals surface area contributed by atoms with Crippen molar-refractivity contribution in [2.75, 3.05) is 18.1 Å². The van der Waals surface area contributed by atoms with Crippen molar-refractivity contribution in [2.24, 2.45) is 0 Å². The first-order valence-electron chi connectivity index (χ1n) is 5.44. The molecule has 0 unspecified atom stereocenters. The summed E-state index contributed by atoms with van der Waals surface area (Å²) in [5.74, 6) is 0.521. The maximum Gasteiger partial charge on any atom is 0.173 e. The first kappa shape index (κ1) is 14.9. The molecule has 0 aromatic carbocycles. The first-order chi connectivity index (χ1) is 9.11. The highest BCUT2D eigenvalue weighted by molar-refractivity contribution is 8.12. The summed E-state index contributed by atoms with van der Waals surface area (Å²) in [7, 11) is 0. The van der Waals surface area contributed by atoms with Gasteiger partial charge in [0.2, 0.25) is 0 Å². The third-order valence-electron chi connectivity index (χ3n) is 2.38. The zero-order valence-corrected chi connectivity index (χ0v) is 13.2. The van der Waals surface area contributed by atoms with E-state index in [9.17, 15) is 0 Å². The molecule has 6 nitrogen and oxygen atoms in total. The zero-order chi connectivity index (χ0) is 13.8. The van der Waals surface area contributed by atoms with E-state index in [2.05, 4.69) is 40.7 Å². The van der Waals surface area contributed by atoms with Gasteiger partial charge in [-0.25, -0.2) is 10.4 Å². The number of hydrogen-bond donors (Lipinski definition) is 3. The molecule has 1 aromatic heterocycles. The van der Waals surface area contributed by atoms with Crippen LogP contribution in [0.25, 0.3) is 0 Å². The number of thiocarbonyl (C=S) groups is 2. The van der Waals surface area contributed by atoms with Crippen LogP contribution < -0.4 is 10.4 Å². The van der Waals surface area contributed by atoms with Gasteiger partial charge in [-0.1, -0.05) is 12.2 Å². The van der Waals surface area contributed by atoms with Crippen LogP contribution in [0, 0.1) is 0 Å². The van der Waals surface area contributed by atoms with E-state index in [-0.39, 0.29) is 0 Å². The number of hydrazine groups is 3. The lowest BCUT2D eigenvalue weighted by Crippen LogP contribution is -2.58. The third-order valence-corrected chi connectivity index (χ3v) is 3.08. The second-order valence-electron chi connectivity index (χ2n) is 3.61. The predicted octanol–water partition coefficient (Wildman–Crippen LogP) is 1.05. The number of nitrogens with zero attached hydrogens (tertiary/aromatic N) is 5. The SMILES string of the molecule is S=C(S)N(c1cnccn1)N(C(=S)S)N1CCCN1. The molecule has 1 N–H and O–H groups in total. The predicted molar refractivity (Wildman–Crippen MR) is 88.8 cm³/mol. The van der Waals surface area contributed by atoms with E-state index in [1.807, 2.05) is 5.12 Å². The summed E-state index contributed by atoms with van der Waals surface area (Å²) < 4.78 is 0.627. The van der Waals surface area contributed by atoms with Gasteiger partial charge in [-0.3, -0.25) is 4.98 Å². The molecule has 0 spiro atoms. The molecule has 0 bridgehead atoms. The lowest BCUT2D eigenvalue weighted by molar-refractivity contribution is 0.0325. The molecule has 0 saturated carbocycles. The van der Waals surface area contributed by atoms with Crippen LogP contribution in [0.5, 0.6) is 0 Å². The Labute approximate surface area is 132 Å². The second-order valence-corrected chi connectivity index (χ2v) is 5.84. The Hall–Kier alpha value is -0.520. The van der Waals surface area contributed by atoms with Crippen LogP contribution in [0.4, 0.5) is 5.82 Å². The Balaban J connectivity index is 2.35. The Morgan fingerprint density at radius 2 is 2.11 bits per heavy atom. The molecule has 10 heteroatoms. The van der Waals surface area contributed by atoms with Crippen LogP contribution in [-0.4, -0.2) is 41.9 Å². The number of aromatic nitrogens is 2. The number of rotatable bonds is 2. The summed E-state index contributed by atoms with van der Waals surface area (Å²) in [5.41, 5.74) is 3.18. The Morgan fingerprint density at radius 3 is 2.58 bits per heavy atom. The normalized spacial score (nSPS) is 15.3. The molecular weight excluding hydrogens is 320 g/mol. The summed E-state index contributed by atoms with van der Waals surface area (Å²) >= 11 is 18.8. The summed E-state index contributed by atoms with van der Waals surface area (Å²) in [6, 6.07) is 0. The molecule has 0 amide bonds. The molecule has 1 aliphatic rings. The Morgan fingerprint density at radius 1 is 1.32 bits per heavy atom. The monoisotopic (exact) mass is 332 g/mol. The molecule has 2 heterocycles. The van der Waals surface area contributed by atoms with Crippen LogP contribution in [0.1, 0.15) is 6.42 Å². The van der Waals surface area contributed by atoms with Gasteiger partial charge in [0.15, 0.2) is 14.5 Å². The van der Waals surface area contributed by atoms with Crippen molar-refractivity contribution >= 4 is 64.2 Å². The van der Waals surface area contributed by atoms with Gasteiger partial charge >= 0.3 is 0 Å². The number of nitrogens with one attached hydrogen (secondary N) is 1. The zero-order valence-electron chi connectivity index (χ0n) is 9.80. The van der Waals surface area contributed by atoms with E-state index in [0.29, 0.717) is 14.5 Å². The quantitative estimate of drug-likeness (QED) is 0.422. The molecule has 0 atom stereocenters. The molecular formula is C9H12N6S4. The molecule has 1 saturated heterocycles. The van der Waals surface area contributed by atoms with E-state index >= 15 is 0 Å². The van der Waals surface area contributed by atoms with Gasteiger partial charge < -0.3 is 0 Å². The van der Waals surface area contributed by atoms with Gasteiger partial charge in [-0.2, -0.15) is 10.1 Å². The summed E-state index contributed by atoms with van der Waals surface area (Å²) in [5, 5.41) is 5.01. The highest BCUT2D eigenvalue weighted by atomic mass is 32.1. The second kappa shape index (κ2) is 6.77. The van der Waals surface area contributed by atoms with Crippen LogP contribution in [0.2, 0.25) is 0 Å². The van der Waals surface area contributed by atoms with Crippen LogP contribution >= 0.6 is 49.7 Å². The van der Waals surface area contributed by atoms with E-state index < -0.39 is 0 Å². The van der Waals surface area contributed by atoms with Crippen molar-refractivity contribution in [3.63, 3.8) is 0 Å². The van der Waals surface area contributed by atoms with Gasteiger partial charge in [0.05, 0.1) is 6.20 Å². The van der Waals surface area contributed by atoms with Gasteiger partial charge in [0, 0.05) is 25.5 Å². The maximum atomic E-state index is 5.17. The van der Waals surface area contributed by atoms with E-state index in [0.717, 1.165) is 19.5 Å². The minimum atomic E-state index is 0.297. The lowest BCUT2D eigenvalue weighted by Gasteiger charge is -2.39. The smallest absolute Gasteiger partial charge is 0.173 e. The number of thiol groups is 2. The maximum absolute atomic E-state index is 5.17. The van der Waals surface area contributed by atoms with E-state index in [4.69, 9.17) is 24.4 Å². The fraction of sp³-hybridized carbons (Fsp3) is 0.333. The Kier molecular flexibility index (Phi) is 5.30. The first-order valence-corrected chi connectivity index (χ1v) is 7.15. The molecule has 1 aromatic rings. The summed E-state index contributed by atoms with van der Waals surface area (Å²) in [4.78, 5) is 8.24. The fourth-order valence-electron chi connectivity index (χ4n) is 1.65. The summed E-state index contributed by atoms with van der Waals surface area (Å²) in [6.07, 6.45) is 5.74. The molecule has 1 aliphatic heterocycles. The molecule has 102 valence electrons. The minimum Gasteiger partial charge on any atom is -0.259 e.